The summed E-state index contributed by atoms with van der Waals surface area (Å²) in [6.45, 7) is 3.62. The molecule has 39 heavy (non-hydrogen) atoms. The van der Waals surface area contributed by atoms with Crippen LogP contribution < -0.4 is 9.83 Å². The molecule has 0 aliphatic carbocycles. The van der Waals surface area contributed by atoms with Gasteiger partial charge in [-0.15, -0.1) is 0 Å². The summed E-state index contributed by atoms with van der Waals surface area (Å²) < 4.78 is 22.8. The molecule has 6 heteroatoms. The van der Waals surface area contributed by atoms with Crippen LogP contribution >= 0.6 is 7.37 Å². The van der Waals surface area contributed by atoms with E-state index in [1.807, 2.05) is 74.5 Å². The van der Waals surface area contributed by atoms with Gasteiger partial charge in [0.25, 0.3) is 7.37 Å². The predicted molar refractivity (Wildman–Crippen MR) is 153 cm³/mol. The molecule has 0 bridgehead atoms. The highest BCUT2D eigenvalue weighted by atomic mass is 31.2. The van der Waals surface area contributed by atoms with Crippen molar-refractivity contribution in [3.05, 3.63) is 137 Å². The highest BCUT2D eigenvalue weighted by Crippen LogP contribution is 2.71. The minimum absolute atomic E-state index is 0.0741. The summed E-state index contributed by atoms with van der Waals surface area (Å²) in [4.78, 5) is 0. The lowest BCUT2D eigenvalue weighted by Gasteiger charge is -2.44. The molecule has 5 nitrogen and oxygen atoms in total. The third-order valence-corrected chi connectivity index (χ3v) is 10.7. The zero-order chi connectivity index (χ0) is 27.4. The summed E-state index contributed by atoms with van der Waals surface area (Å²) in [5.41, 5.74) is 4.85. The fourth-order valence-corrected chi connectivity index (χ4v) is 9.02. The van der Waals surface area contributed by atoms with E-state index in [-0.39, 0.29) is 17.2 Å². The highest BCUT2D eigenvalue weighted by Gasteiger charge is 2.58. The summed E-state index contributed by atoms with van der Waals surface area (Å²) in [5.74, 6) is 0.821. The number of rotatable bonds is 4. The Bertz CT molecular complexity index is 1690. The third kappa shape index (κ3) is 3.65. The number of aryl methyl sites for hydroxylation is 2. The average Bonchev–Trinajstić information content (AvgIpc) is 2.94. The Morgan fingerprint density at radius 3 is 1.67 bits per heavy atom. The van der Waals surface area contributed by atoms with Gasteiger partial charge in [0.2, 0.25) is 0 Å². The molecule has 194 valence electrons. The quantitative estimate of drug-likeness (QED) is 0.166. The Morgan fingerprint density at radius 1 is 0.615 bits per heavy atom. The van der Waals surface area contributed by atoms with Crippen LogP contribution in [0.3, 0.4) is 0 Å². The minimum atomic E-state index is -3.97. The first-order valence-electron chi connectivity index (χ1n) is 12.6. The lowest BCUT2D eigenvalue weighted by atomic mass is 9.82. The van der Waals surface area contributed by atoms with Crippen molar-refractivity contribution < 1.29 is 24.4 Å². The van der Waals surface area contributed by atoms with Crippen molar-refractivity contribution in [1.82, 2.24) is 0 Å². The van der Waals surface area contributed by atoms with E-state index in [2.05, 4.69) is 0 Å². The molecule has 1 atom stereocenters. The van der Waals surface area contributed by atoms with E-state index in [1.165, 1.54) is 0 Å². The number of aromatic hydroxyl groups is 3. The number of para-hydroxylation sites is 1. The SMILES string of the molecule is Cc1cc(C(c2ccc(O)cc2)(c2ccc(O)cc2)P2(=O)Oc3ccccc3-c3ccccc32)cc(C)c1O. The number of hydrogen-bond acceptors (Lipinski definition) is 5. The molecular formula is C33H27O5P. The van der Waals surface area contributed by atoms with Crippen molar-refractivity contribution in [2.45, 2.75) is 19.0 Å². The normalized spacial score (nSPS) is 16.2. The molecule has 0 spiro atoms. The molecule has 6 rings (SSSR count). The Labute approximate surface area is 227 Å². The van der Waals surface area contributed by atoms with Crippen LogP contribution in [-0.4, -0.2) is 15.3 Å². The average molecular weight is 535 g/mol. The standard InChI is InChI=1S/C33H27O5P/c1-21-19-25(20-22(2)32(21)36)33(23-11-15-26(34)16-12-23,24-13-17-27(35)18-14-24)39(37)31-10-6-4-8-29(31)28-7-3-5-9-30(28)38-39/h3-20,34-36H,1-2H3. The first-order valence-corrected chi connectivity index (χ1v) is 14.3. The maximum absolute atomic E-state index is 16.1. The van der Waals surface area contributed by atoms with Gasteiger partial charge in [-0.05, 0) is 83.6 Å². The van der Waals surface area contributed by atoms with E-state index in [4.69, 9.17) is 4.52 Å². The summed E-state index contributed by atoms with van der Waals surface area (Å²) in [7, 11) is -3.97. The zero-order valence-electron chi connectivity index (χ0n) is 21.5. The number of phenols is 3. The first kappa shape index (κ1) is 24.8. The van der Waals surface area contributed by atoms with Gasteiger partial charge in [-0.3, -0.25) is 4.57 Å². The Morgan fingerprint density at radius 2 is 1.10 bits per heavy atom. The molecule has 1 unspecified atom stereocenters. The molecular weight excluding hydrogens is 507 g/mol. The van der Waals surface area contributed by atoms with E-state index in [1.54, 1.807) is 48.5 Å². The van der Waals surface area contributed by atoms with Crippen LogP contribution in [-0.2, 0) is 9.72 Å². The summed E-state index contributed by atoms with van der Waals surface area (Å²) in [5, 5.41) is 30.3. The molecule has 5 aromatic rings. The van der Waals surface area contributed by atoms with Gasteiger partial charge in [-0.25, -0.2) is 0 Å². The Kier molecular flexibility index (Phi) is 5.78. The van der Waals surface area contributed by atoms with Crippen molar-refractivity contribution >= 4 is 12.7 Å². The minimum Gasteiger partial charge on any atom is -0.508 e. The topological polar surface area (TPSA) is 87.0 Å². The van der Waals surface area contributed by atoms with Gasteiger partial charge >= 0.3 is 0 Å². The molecule has 0 amide bonds. The van der Waals surface area contributed by atoms with Crippen molar-refractivity contribution in [3.63, 3.8) is 0 Å². The number of hydrogen-bond donors (Lipinski definition) is 3. The first-order chi connectivity index (χ1) is 18.8. The molecule has 0 saturated carbocycles. The van der Waals surface area contributed by atoms with Gasteiger partial charge in [0.15, 0.2) is 0 Å². The van der Waals surface area contributed by atoms with E-state index < -0.39 is 12.5 Å². The molecule has 1 aliphatic heterocycles. The van der Waals surface area contributed by atoms with Crippen molar-refractivity contribution in [3.8, 4) is 34.1 Å². The predicted octanol–water partition coefficient (Wildman–Crippen LogP) is 7.38. The van der Waals surface area contributed by atoms with Crippen LogP contribution in [0.15, 0.2) is 109 Å². The zero-order valence-corrected chi connectivity index (χ0v) is 22.4. The van der Waals surface area contributed by atoms with E-state index in [0.717, 1.165) is 11.1 Å². The molecule has 0 aromatic heterocycles. The van der Waals surface area contributed by atoms with Gasteiger partial charge in [-0.1, -0.05) is 72.8 Å². The number of benzene rings is 5. The smallest absolute Gasteiger partial charge is 0.296 e. The fraction of sp³-hybridized carbons (Fsp3) is 0.0909. The van der Waals surface area contributed by atoms with Crippen molar-refractivity contribution in [2.75, 3.05) is 0 Å². The molecule has 3 N–H and O–H groups in total. The van der Waals surface area contributed by atoms with Gasteiger partial charge in [0.05, 0.1) is 5.30 Å². The van der Waals surface area contributed by atoms with Crippen molar-refractivity contribution in [2.24, 2.45) is 0 Å². The van der Waals surface area contributed by atoms with Crippen LogP contribution in [0.2, 0.25) is 0 Å². The van der Waals surface area contributed by atoms with Crippen LogP contribution in [0.4, 0.5) is 0 Å². The fourth-order valence-electron chi connectivity index (χ4n) is 5.74. The summed E-state index contributed by atoms with van der Waals surface area (Å²) in [6.07, 6.45) is 0. The largest absolute Gasteiger partial charge is 0.508 e. The molecule has 0 fully saturated rings. The second-order valence-corrected chi connectivity index (χ2v) is 12.4. The highest BCUT2D eigenvalue weighted by molar-refractivity contribution is 7.69. The summed E-state index contributed by atoms with van der Waals surface area (Å²) >= 11 is 0. The van der Waals surface area contributed by atoms with Gasteiger partial charge in [0, 0.05) is 5.56 Å². The van der Waals surface area contributed by atoms with Crippen molar-refractivity contribution in [1.29, 1.82) is 0 Å². The maximum atomic E-state index is 16.1. The number of phenolic OH excluding ortho intramolecular Hbond substituents is 3. The lowest BCUT2D eigenvalue weighted by Crippen LogP contribution is -2.38. The lowest BCUT2D eigenvalue weighted by molar-refractivity contribution is 0.461. The molecule has 1 heterocycles. The van der Waals surface area contributed by atoms with Gasteiger partial charge < -0.3 is 19.8 Å². The van der Waals surface area contributed by atoms with Crippen LogP contribution in [0.25, 0.3) is 11.1 Å². The van der Waals surface area contributed by atoms with Gasteiger partial charge in [0.1, 0.15) is 28.2 Å². The van der Waals surface area contributed by atoms with Crippen LogP contribution in [0.5, 0.6) is 23.0 Å². The van der Waals surface area contributed by atoms with Crippen LogP contribution in [0.1, 0.15) is 27.8 Å². The second kappa shape index (κ2) is 9.07. The van der Waals surface area contributed by atoms with Crippen LogP contribution in [0, 0.1) is 13.8 Å². The number of fused-ring (bicyclic) bond motifs is 3. The molecule has 0 saturated heterocycles. The van der Waals surface area contributed by atoms with E-state index in [9.17, 15) is 15.3 Å². The maximum Gasteiger partial charge on any atom is 0.296 e. The molecule has 5 aromatic carbocycles. The van der Waals surface area contributed by atoms with E-state index >= 15 is 4.57 Å². The molecule has 1 aliphatic rings. The second-order valence-electron chi connectivity index (χ2n) is 9.92. The molecule has 0 radical (unpaired) electrons. The van der Waals surface area contributed by atoms with Gasteiger partial charge in [-0.2, -0.15) is 0 Å². The van der Waals surface area contributed by atoms with E-state index in [0.29, 0.717) is 38.9 Å². The monoisotopic (exact) mass is 534 g/mol. The summed E-state index contributed by atoms with van der Waals surface area (Å²) in [6, 6.07) is 32.1. The Hall–Kier alpha value is -4.47. The Balaban J connectivity index is 1.82. The third-order valence-electron chi connectivity index (χ3n) is 7.55.